The van der Waals surface area contributed by atoms with Gasteiger partial charge in [0.15, 0.2) is 0 Å². The maximum atomic E-state index is 13.4. The third kappa shape index (κ3) is 4.93. The lowest BCUT2D eigenvalue weighted by Gasteiger charge is -2.30. The predicted octanol–water partition coefficient (Wildman–Crippen LogP) is 3.81. The summed E-state index contributed by atoms with van der Waals surface area (Å²) in [4.78, 5) is 41.7. The van der Waals surface area contributed by atoms with E-state index in [4.69, 9.17) is 11.6 Å². The van der Waals surface area contributed by atoms with Crippen molar-refractivity contribution in [2.75, 3.05) is 7.05 Å². The second kappa shape index (κ2) is 9.75. The van der Waals surface area contributed by atoms with Crippen molar-refractivity contribution < 1.29 is 4.79 Å². The molecule has 2 aromatic carbocycles. The van der Waals surface area contributed by atoms with E-state index in [0.717, 1.165) is 52.5 Å². The smallest absolute Gasteiger partial charge is 0.337 e. The van der Waals surface area contributed by atoms with Crippen LogP contribution in [0.1, 0.15) is 53.7 Å². The standard InChI is InChI=1S/C25H27ClN4O3/c1-17-7-6-8-18(15-17)16-29-24(32)22(23(31)28(2)20-9-4-3-5-10-20)27-30(25(29)33)21-13-11-19(26)12-14-21/h6-8,11-15,20H,3-5,9-10,16H2,1-2H3. The molecular weight excluding hydrogens is 440 g/mol. The van der Waals surface area contributed by atoms with Gasteiger partial charge < -0.3 is 4.90 Å². The van der Waals surface area contributed by atoms with E-state index < -0.39 is 17.2 Å². The largest absolute Gasteiger partial charge is 0.352 e. The third-order valence-electron chi connectivity index (χ3n) is 6.20. The first-order chi connectivity index (χ1) is 15.8. The Morgan fingerprint density at radius 1 is 1.09 bits per heavy atom. The highest BCUT2D eigenvalue weighted by Gasteiger charge is 2.28. The van der Waals surface area contributed by atoms with E-state index in [2.05, 4.69) is 5.10 Å². The molecule has 1 aliphatic rings. The summed E-state index contributed by atoms with van der Waals surface area (Å²) in [6.45, 7) is 1.99. The van der Waals surface area contributed by atoms with Crippen molar-refractivity contribution in [3.8, 4) is 5.69 Å². The molecular formula is C25H27ClN4O3. The lowest BCUT2D eigenvalue weighted by molar-refractivity contribution is 0.0684. The number of benzene rings is 2. The van der Waals surface area contributed by atoms with Crippen molar-refractivity contribution >= 4 is 17.5 Å². The molecule has 3 aromatic rings. The van der Waals surface area contributed by atoms with E-state index in [0.29, 0.717) is 10.7 Å². The van der Waals surface area contributed by atoms with Crippen LogP contribution in [0.3, 0.4) is 0 Å². The van der Waals surface area contributed by atoms with Gasteiger partial charge in [-0.3, -0.25) is 14.2 Å². The molecule has 172 valence electrons. The molecule has 7 nitrogen and oxygen atoms in total. The molecule has 4 rings (SSSR count). The highest BCUT2D eigenvalue weighted by Crippen LogP contribution is 2.22. The van der Waals surface area contributed by atoms with Crippen LogP contribution in [-0.4, -0.2) is 38.2 Å². The van der Waals surface area contributed by atoms with Gasteiger partial charge in [0.1, 0.15) is 0 Å². The lowest BCUT2D eigenvalue weighted by Crippen LogP contribution is -2.48. The molecule has 0 atom stereocenters. The van der Waals surface area contributed by atoms with Gasteiger partial charge in [0.05, 0.1) is 12.2 Å². The predicted molar refractivity (Wildman–Crippen MR) is 128 cm³/mol. The van der Waals surface area contributed by atoms with E-state index >= 15 is 0 Å². The normalized spacial score (nSPS) is 14.3. The van der Waals surface area contributed by atoms with E-state index in [9.17, 15) is 14.4 Å². The summed E-state index contributed by atoms with van der Waals surface area (Å²) in [6, 6.07) is 14.2. The molecule has 0 spiro atoms. The van der Waals surface area contributed by atoms with Gasteiger partial charge in [0.2, 0.25) is 5.69 Å². The van der Waals surface area contributed by atoms with Crippen LogP contribution in [-0.2, 0) is 6.54 Å². The van der Waals surface area contributed by atoms with E-state index in [-0.39, 0.29) is 18.3 Å². The highest BCUT2D eigenvalue weighted by atomic mass is 35.5. The molecule has 1 heterocycles. The second-order valence-corrected chi connectivity index (χ2v) is 9.04. The molecule has 0 saturated heterocycles. The fourth-order valence-electron chi connectivity index (χ4n) is 4.33. The van der Waals surface area contributed by atoms with Gasteiger partial charge in [-0.05, 0) is 49.6 Å². The summed E-state index contributed by atoms with van der Waals surface area (Å²) < 4.78 is 2.19. The summed E-state index contributed by atoms with van der Waals surface area (Å²) in [6.07, 6.45) is 5.06. The Balaban J connectivity index is 1.83. The second-order valence-electron chi connectivity index (χ2n) is 8.61. The van der Waals surface area contributed by atoms with Gasteiger partial charge in [-0.15, -0.1) is 0 Å². The lowest BCUT2D eigenvalue weighted by atomic mass is 9.94. The molecule has 1 aliphatic carbocycles. The number of nitrogens with zero attached hydrogens (tertiary/aromatic N) is 4. The van der Waals surface area contributed by atoms with Gasteiger partial charge in [0, 0.05) is 18.1 Å². The van der Waals surface area contributed by atoms with Crippen LogP contribution in [0.25, 0.3) is 5.69 Å². The molecule has 0 aliphatic heterocycles. The van der Waals surface area contributed by atoms with Crippen molar-refractivity contribution in [3.63, 3.8) is 0 Å². The minimum Gasteiger partial charge on any atom is -0.337 e. The summed E-state index contributed by atoms with van der Waals surface area (Å²) in [5, 5.41) is 4.75. The zero-order valence-electron chi connectivity index (χ0n) is 18.8. The molecule has 1 saturated carbocycles. The number of rotatable bonds is 5. The number of amides is 1. The van der Waals surface area contributed by atoms with Crippen LogP contribution in [0.4, 0.5) is 0 Å². The number of carbonyl (C=O) groups excluding carboxylic acids is 1. The fourth-order valence-corrected chi connectivity index (χ4v) is 4.46. The van der Waals surface area contributed by atoms with E-state index in [1.54, 1.807) is 36.2 Å². The van der Waals surface area contributed by atoms with Gasteiger partial charge in [-0.2, -0.15) is 9.78 Å². The van der Waals surface area contributed by atoms with Crippen LogP contribution < -0.4 is 11.2 Å². The van der Waals surface area contributed by atoms with Crippen molar-refractivity contribution in [3.05, 3.63) is 91.2 Å². The Kier molecular flexibility index (Phi) is 6.79. The van der Waals surface area contributed by atoms with Gasteiger partial charge >= 0.3 is 5.69 Å². The number of aryl methyl sites for hydroxylation is 1. The molecule has 1 aromatic heterocycles. The summed E-state index contributed by atoms with van der Waals surface area (Å²) >= 11 is 6.00. The molecule has 1 amide bonds. The monoisotopic (exact) mass is 466 g/mol. The Labute approximate surface area is 197 Å². The minimum atomic E-state index is -0.681. The quantitative estimate of drug-likeness (QED) is 0.573. The van der Waals surface area contributed by atoms with Crippen molar-refractivity contribution in [2.24, 2.45) is 0 Å². The Morgan fingerprint density at radius 3 is 2.45 bits per heavy atom. The fraction of sp³-hybridized carbons (Fsp3) is 0.360. The molecule has 0 unspecified atom stereocenters. The highest BCUT2D eigenvalue weighted by molar-refractivity contribution is 6.30. The summed E-state index contributed by atoms with van der Waals surface area (Å²) in [7, 11) is 1.71. The van der Waals surface area contributed by atoms with Gasteiger partial charge in [-0.25, -0.2) is 4.79 Å². The number of carbonyl (C=O) groups is 1. The topological polar surface area (TPSA) is 77.2 Å². The molecule has 1 fully saturated rings. The molecule has 8 heteroatoms. The number of hydrogen-bond donors (Lipinski definition) is 0. The Morgan fingerprint density at radius 2 is 1.79 bits per heavy atom. The maximum Gasteiger partial charge on any atom is 0.352 e. The summed E-state index contributed by atoms with van der Waals surface area (Å²) in [5.74, 6) is -0.465. The molecule has 33 heavy (non-hydrogen) atoms. The minimum absolute atomic E-state index is 0.0445. The van der Waals surface area contributed by atoms with Crippen LogP contribution in [0.15, 0.2) is 58.1 Å². The van der Waals surface area contributed by atoms with E-state index in [1.807, 2.05) is 31.2 Å². The SMILES string of the molecule is Cc1cccc(Cn2c(=O)c(C(=O)N(C)C3CCCCC3)nn(-c3ccc(Cl)cc3)c2=O)c1. The Hall–Kier alpha value is -3.19. The van der Waals surface area contributed by atoms with Crippen LogP contribution >= 0.6 is 11.6 Å². The zero-order chi connectivity index (χ0) is 23.5. The van der Waals surface area contributed by atoms with Gasteiger partial charge in [0.25, 0.3) is 11.5 Å². The van der Waals surface area contributed by atoms with Crippen LogP contribution in [0.5, 0.6) is 0 Å². The Bertz CT molecular complexity index is 1270. The van der Waals surface area contributed by atoms with Crippen molar-refractivity contribution in [2.45, 2.75) is 51.6 Å². The molecule has 0 N–H and O–H groups in total. The van der Waals surface area contributed by atoms with Crippen molar-refractivity contribution in [1.29, 1.82) is 0 Å². The first-order valence-electron chi connectivity index (χ1n) is 11.2. The van der Waals surface area contributed by atoms with E-state index in [1.165, 1.54) is 0 Å². The van der Waals surface area contributed by atoms with Gasteiger partial charge in [-0.1, -0.05) is 60.7 Å². The zero-order valence-corrected chi connectivity index (χ0v) is 19.6. The number of halogens is 1. The first-order valence-corrected chi connectivity index (χ1v) is 11.6. The third-order valence-corrected chi connectivity index (χ3v) is 6.45. The van der Waals surface area contributed by atoms with Crippen LogP contribution in [0.2, 0.25) is 5.02 Å². The molecule has 0 bridgehead atoms. The number of aromatic nitrogens is 3. The summed E-state index contributed by atoms with van der Waals surface area (Å²) in [5.41, 5.74) is 0.685. The average molecular weight is 467 g/mol. The van der Waals surface area contributed by atoms with Crippen LogP contribution in [0, 0.1) is 6.92 Å². The van der Waals surface area contributed by atoms with Crippen molar-refractivity contribution in [1.82, 2.24) is 19.2 Å². The number of hydrogen-bond acceptors (Lipinski definition) is 4. The molecule has 0 radical (unpaired) electrons. The maximum absolute atomic E-state index is 13.4. The average Bonchev–Trinajstić information content (AvgIpc) is 2.82. The first kappa shape index (κ1) is 23.0.